The number of amides is 3. The summed E-state index contributed by atoms with van der Waals surface area (Å²) >= 11 is 1.43. The standard InChI is InChI=1S/C17H26N6O7S/c1-31-3-2-11(17(29)30)22-13(24)7-20-16(28)12(4-9-6-19-8-21-9)23-15(27)10(18)5-14(25)26/h6,8,10-12H,2-5,7,18H2,1H3,(H,19,21)(H,20,28)(H,22,24)(H,23,27)(H,25,26)(H,29,30). The fourth-order valence-corrected chi connectivity index (χ4v) is 2.89. The van der Waals surface area contributed by atoms with Crippen molar-refractivity contribution in [1.29, 1.82) is 0 Å². The molecular formula is C17H26N6O7S. The molecule has 31 heavy (non-hydrogen) atoms. The number of hydrogen-bond acceptors (Lipinski definition) is 8. The minimum atomic E-state index is -1.37. The second kappa shape index (κ2) is 13.2. The maximum absolute atomic E-state index is 12.5. The minimum Gasteiger partial charge on any atom is -0.481 e. The molecule has 1 aromatic heterocycles. The smallest absolute Gasteiger partial charge is 0.326 e. The largest absolute Gasteiger partial charge is 0.481 e. The van der Waals surface area contributed by atoms with Gasteiger partial charge in [0.15, 0.2) is 0 Å². The number of hydrogen-bond donors (Lipinski definition) is 7. The molecule has 0 spiro atoms. The molecule has 0 aliphatic rings. The molecule has 1 aromatic rings. The van der Waals surface area contributed by atoms with Crippen LogP contribution in [0.2, 0.25) is 0 Å². The number of carboxylic acid groups (broad SMARTS) is 2. The van der Waals surface area contributed by atoms with E-state index in [4.69, 9.17) is 15.9 Å². The topological polar surface area (TPSA) is 217 Å². The number of aliphatic carboxylic acids is 2. The van der Waals surface area contributed by atoms with Gasteiger partial charge in [-0.25, -0.2) is 9.78 Å². The molecule has 13 nitrogen and oxygen atoms in total. The molecule has 8 N–H and O–H groups in total. The number of aromatic amines is 1. The Morgan fingerprint density at radius 3 is 2.42 bits per heavy atom. The van der Waals surface area contributed by atoms with Crippen LogP contribution in [0.4, 0.5) is 0 Å². The highest BCUT2D eigenvalue weighted by atomic mass is 32.2. The maximum atomic E-state index is 12.5. The number of H-pyrrole nitrogens is 1. The number of aromatic nitrogens is 2. The van der Waals surface area contributed by atoms with Gasteiger partial charge in [-0.3, -0.25) is 19.2 Å². The van der Waals surface area contributed by atoms with Gasteiger partial charge in [-0.15, -0.1) is 0 Å². The number of carbonyl (C=O) groups is 5. The normalized spacial score (nSPS) is 13.5. The van der Waals surface area contributed by atoms with Crippen molar-refractivity contribution < 1.29 is 34.2 Å². The van der Waals surface area contributed by atoms with E-state index in [0.29, 0.717) is 11.4 Å². The molecule has 0 aliphatic heterocycles. The fraction of sp³-hybridized carbons (Fsp3) is 0.529. The van der Waals surface area contributed by atoms with E-state index in [0.717, 1.165) is 0 Å². The van der Waals surface area contributed by atoms with Crippen LogP contribution in [0.1, 0.15) is 18.5 Å². The molecule has 0 bridgehead atoms. The van der Waals surface area contributed by atoms with Crippen molar-refractivity contribution in [3.63, 3.8) is 0 Å². The Labute approximate surface area is 181 Å². The SMILES string of the molecule is CSCCC(NC(=O)CNC(=O)C(Cc1cnc[nH]1)NC(=O)C(N)CC(=O)O)C(=O)O. The van der Waals surface area contributed by atoms with Crippen molar-refractivity contribution in [2.75, 3.05) is 18.6 Å². The van der Waals surface area contributed by atoms with Gasteiger partial charge in [0.2, 0.25) is 17.7 Å². The monoisotopic (exact) mass is 458 g/mol. The quantitative estimate of drug-likeness (QED) is 0.158. The first kappa shape index (κ1) is 25.9. The molecular weight excluding hydrogens is 432 g/mol. The lowest BCUT2D eigenvalue weighted by Crippen LogP contribution is -2.54. The zero-order valence-corrected chi connectivity index (χ0v) is 17.6. The molecule has 0 saturated heterocycles. The van der Waals surface area contributed by atoms with E-state index in [1.54, 1.807) is 6.26 Å². The molecule has 3 amide bonds. The zero-order valence-electron chi connectivity index (χ0n) is 16.8. The Bertz CT molecular complexity index is 773. The summed E-state index contributed by atoms with van der Waals surface area (Å²) in [5.41, 5.74) is 6.02. The van der Waals surface area contributed by atoms with Gasteiger partial charge in [0.1, 0.15) is 12.1 Å². The van der Waals surface area contributed by atoms with Gasteiger partial charge >= 0.3 is 11.9 Å². The van der Waals surface area contributed by atoms with Gasteiger partial charge in [-0.05, 0) is 18.4 Å². The molecule has 172 valence electrons. The van der Waals surface area contributed by atoms with E-state index in [-0.39, 0.29) is 12.8 Å². The first-order valence-corrected chi connectivity index (χ1v) is 10.6. The number of imidazole rings is 1. The van der Waals surface area contributed by atoms with Crippen LogP contribution in [-0.4, -0.2) is 86.5 Å². The second-order valence-electron chi connectivity index (χ2n) is 6.50. The van der Waals surface area contributed by atoms with E-state index < -0.39 is 60.8 Å². The van der Waals surface area contributed by atoms with Crippen LogP contribution in [0, 0.1) is 0 Å². The predicted octanol–water partition coefficient (Wildman–Crippen LogP) is -2.32. The summed E-state index contributed by atoms with van der Waals surface area (Å²) in [5, 5.41) is 24.9. The maximum Gasteiger partial charge on any atom is 0.326 e. The first-order chi connectivity index (χ1) is 14.6. The van der Waals surface area contributed by atoms with Crippen LogP contribution in [0.25, 0.3) is 0 Å². The molecule has 1 rings (SSSR count). The molecule has 0 radical (unpaired) electrons. The average Bonchev–Trinajstić information content (AvgIpc) is 3.21. The Hall–Kier alpha value is -3.13. The highest BCUT2D eigenvalue weighted by Gasteiger charge is 2.26. The van der Waals surface area contributed by atoms with Gasteiger partial charge in [-0.1, -0.05) is 0 Å². The van der Waals surface area contributed by atoms with Gasteiger partial charge in [0, 0.05) is 18.3 Å². The molecule has 3 atom stereocenters. The summed E-state index contributed by atoms with van der Waals surface area (Å²) in [6.45, 7) is -0.515. The lowest BCUT2D eigenvalue weighted by atomic mass is 10.1. The van der Waals surface area contributed by atoms with E-state index in [2.05, 4.69) is 25.9 Å². The van der Waals surface area contributed by atoms with Gasteiger partial charge in [0.25, 0.3) is 0 Å². The van der Waals surface area contributed by atoms with E-state index in [1.165, 1.54) is 24.3 Å². The first-order valence-electron chi connectivity index (χ1n) is 9.17. The van der Waals surface area contributed by atoms with E-state index in [9.17, 15) is 24.0 Å². The van der Waals surface area contributed by atoms with Gasteiger partial charge in [-0.2, -0.15) is 11.8 Å². The summed E-state index contributed by atoms with van der Waals surface area (Å²) in [5.74, 6) is -4.24. The zero-order chi connectivity index (χ0) is 23.4. The molecule has 0 aromatic carbocycles. The van der Waals surface area contributed by atoms with Crippen LogP contribution in [-0.2, 0) is 30.4 Å². The van der Waals surface area contributed by atoms with Crippen LogP contribution in [0.15, 0.2) is 12.5 Å². The van der Waals surface area contributed by atoms with Gasteiger partial charge in [0.05, 0.1) is 25.3 Å². The third kappa shape index (κ3) is 9.95. The van der Waals surface area contributed by atoms with E-state index in [1.807, 2.05) is 0 Å². The van der Waals surface area contributed by atoms with Gasteiger partial charge < -0.3 is 36.9 Å². The molecule has 0 aliphatic carbocycles. The molecule has 0 saturated carbocycles. The highest BCUT2D eigenvalue weighted by Crippen LogP contribution is 2.02. The third-order valence-electron chi connectivity index (χ3n) is 4.01. The molecule has 3 unspecified atom stereocenters. The van der Waals surface area contributed by atoms with Crippen LogP contribution < -0.4 is 21.7 Å². The number of nitrogens with zero attached hydrogens (tertiary/aromatic N) is 1. The van der Waals surface area contributed by atoms with E-state index >= 15 is 0 Å². The Morgan fingerprint density at radius 1 is 1.16 bits per heavy atom. The number of rotatable bonds is 14. The second-order valence-corrected chi connectivity index (χ2v) is 7.49. The summed E-state index contributed by atoms with van der Waals surface area (Å²) in [6, 6.07) is -3.63. The summed E-state index contributed by atoms with van der Waals surface area (Å²) < 4.78 is 0. The van der Waals surface area contributed by atoms with Crippen LogP contribution >= 0.6 is 11.8 Å². The van der Waals surface area contributed by atoms with Crippen molar-refractivity contribution in [2.24, 2.45) is 5.73 Å². The third-order valence-corrected chi connectivity index (χ3v) is 4.65. The average molecular weight is 458 g/mol. The van der Waals surface area contributed by atoms with Crippen molar-refractivity contribution in [2.45, 2.75) is 37.4 Å². The Balaban J connectivity index is 2.71. The molecule has 14 heteroatoms. The lowest BCUT2D eigenvalue weighted by Gasteiger charge is -2.20. The molecule has 0 fully saturated rings. The Morgan fingerprint density at radius 2 is 1.87 bits per heavy atom. The number of carbonyl (C=O) groups excluding carboxylic acids is 3. The summed E-state index contributed by atoms with van der Waals surface area (Å²) in [4.78, 5) is 65.2. The number of thioether (sulfide) groups is 1. The predicted molar refractivity (Wildman–Crippen MR) is 110 cm³/mol. The number of carboxylic acids is 2. The molecule has 1 heterocycles. The summed E-state index contributed by atoms with van der Waals surface area (Å²) in [7, 11) is 0. The van der Waals surface area contributed by atoms with Crippen molar-refractivity contribution in [3.8, 4) is 0 Å². The van der Waals surface area contributed by atoms with Crippen molar-refractivity contribution in [1.82, 2.24) is 25.9 Å². The minimum absolute atomic E-state index is 0.0234. The van der Waals surface area contributed by atoms with Crippen LogP contribution in [0.3, 0.4) is 0 Å². The van der Waals surface area contributed by atoms with Crippen LogP contribution in [0.5, 0.6) is 0 Å². The lowest BCUT2D eigenvalue weighted by molar-refractivity contribution is -0.141. The Kier molecular flexibility index (Phi) is 11.1. The van der Waals surface area contributed by atoms with Crippen molar-refractivity contribution >= 4 is 41.4 Å². The van der Waals surface area contributed by atoms with Crippen molar-refractivity contribution in [3.05, 3.63) is 18.2 Å². The highest BCUT2D eigenvalue weighted by molar-refractivity contribution is 7.98. The number of nitrogens with one attached hydrogen (secondary N) is 4. The fourth-order valence-electron chi connectivity index (χ4n) is 2.41. The summed E-state index contributed by atoms with van der Waals surface area (Å²) in [6.07, 6.45) is 4.17. The number of nitrogens with two attached hydrogens (primary N) is 1.